The molecular weight excluding hydrogens is 749 g/mol. The summed E-state index contributed by atoms with van der Waals surface area (Å²) in [5.41, 5.74) is 0. The highest BCUT2D eigenvalue weighted by Gasteiger charge is 2.34. The first-order valence-electron chi connectivity index (χ1n) is 29.4. The summed E-state index contributed by atoms with van der Waals surface area (Å²) in [7, 11) is 0. The van der Waals surface area contributed by atoms with E-state index in [2.05, 4.69) is 33.5 Å². The zero-order valence-corrected chi connectivity index (χ0v) is 41.5. The number of hydrogen-bond donors (Lipinski definition) is 0. The van der Waals surface area contributed by atoms with Crippen LogP contribution in [-0.2, 0) is 0 Å². The van der Waals surface area contributed by atoms with Crippen LogP contribution in [0, 0.1) is 35.5 Å². The Hall–Kier alpha value is -0.960. The van der Waals surface area contributed by atoms with E-state index in [4.69, 9.17) is 0 Å². The minimum atomic E-state index is 0.557. The van der Waals surface area contributed by atoms with Gasteiger partial charge in [0.05, 0.1) is 0 Å². The molecular formula is C60H104N2. The lowest BCUT2D eigenvalue weighted by molar-refractivity contribution is 0.0425. The van der Waals surface area contributed by atoms with Crippen molar-refractivity contribution < 1.29 is 0 Å². The van der Waals surface area contributed by atoms with Crippen molar-refractivity contribution in [3.8, 4) is 23.7 Å². The van der Waals surface area contributed by atoms with Gasteiger partial charge in [0.1, 0.15) is 0 Å². The number of rotatable bonds is 6. The first kappa shape index (κ1) is 50.5. The van der Waals surface area contributed by atoms with E-state index in [0.29, 0.717) is 11.8 Å². The highest BCUT2D eigenvalue weighted by atomic mass is 15.2. The molecule has 0 bridgehead atoms. The number of nitrogens with zero attached hydrogens (tertiary/aromatic N) is 2. The highest BCUT2D eigenvalue weighted by Crippen LogP contribution is 2.36. The Morgan fingerprint density at radius 2 is 0.339 bits per heavy atom. The molecule has 4 atom stereocenters. The molecule has 6 aliphatic carbocycles. The quantitative estimate of drug-likeness (QED) is 0.246. The fourth-order valence-electron chi connectivity index (χ4n) is 14.3. The second-order valence-corrected chi connectivity index (χ2v) is 22.7. The van der Waals surface area contributed by atoms with Crippen LogP contribution in [0.25, 0.3) is 0 Å². The van der Waals surface area contributed by atoms with Crippen LogP contribution < -0.4 is 0 Å². The summed E-state index contributed by atoms with van der Waals surface area (Å²) < 4.78 is 0. The van der Waals surface area contributed by atoms with Gasteiger partial charge in [-0.05, 0) is 115 Å². The Kier molecular flexibility index (Phi) is 25.9. The van der Waals surface area contributed by atoms with Crippen molar-refractivity contribution in [1.82, 2.24) is 9.80 Å². The second kappa shape index (κ2) is 31.9. The smallest absolute Gasteiger partial charge is 0.0213 e. The topological polar surface area (TPSA) is 6.48 Å². The number of hydrogen-bond acceptors (Lipinski definition) is 2. The molecule has 2 nitrogen and oxygen atoms in total. The third-order valence-electron chi connectivity index (χ3n) is 17.8. The van der Waals surface area contributed by atoms with Crippen LogP contribution in [0.3, 0.4) is 0 Å². The molecule has 4 unspecified atom stereocenters. The van der Waals surface area contributed by atoms with E-state index in [9.17, 15) is 0 Å². The van der Waals surface area contributed by atoms with Crippen molar-refractivity contribution in [3.05, 3.63) is 0 Å². The summed E-state index contributed by atoms with van der Waals surface area (Å²) in [5.74, 6) is 15.8. The third-order valence-corrected chi connectivity index (χ3v) is 17.8. The van der Waals surface area contributed by atoms with Gasteiger partial charge >= 0.3 is 0 Å². The molecule has 0 aromatic carbocycles. The van der Waals surface area contributed by atoms with Gasteiger partial charge in [0.15, 0.2) is 0 Å². The van der Waals surface area contributed by atoms with E-state index in [1.54, 1.807) is 0 Å². The average Bonchev–Trinajstić information content (AvgIpc) is 3.66. The lowest BCUT2D eigenvalue weighted by atomic mass is 9.90. The Balaban J connectivity index is 1.04. The molecule has 0 aromatic heterocycles. The van der Waals surface area contributed by atoms with Gasteiger partial charge in [0, 0.05) is 48.1 Å². The van der Waals surface area contributed by atoms with E-state index in [0.717, 1.165) is 36.3 Å². The molecule has 0 aromatic rings. The van der Waals surface area contributed by atoms with Gasteiger partial charge in [-0.25, -0.2) is 0 Å². The molecule has 6 aliphatic rings. The molecule has 0 saturated heterocycles. The van der Waals surface area contributed by atoms with Crippen LogP contribution >= 0.6 is 0 Å². The summed E-state index contributed by atoms with van der Waals surface area (Å²) in [6.07, 6.45) is 69.4. The van der Waals surface area contributed by atoms with E-state index in [-0.39, 0.29) is 0 Å². The Bertz CT molecular complexity index is 1180. The zero-order chi connectivity index (χ0) is 42.5. The van der Waals surface area contributed by atoms with Crippen molar-refractivity contribution >= 4 is 0 Å². The van der Waals surface area contributed by atoms with Gasteiger partial charge < -0.3 is 0 Å². The Labute approximate surface area is 388 Å². The first-order chi connectivity index (χ1) is 30.8. The van der Waals surface area contributed by atoms with Crippen molar-refractivity contribution in [2.24, 2.45) is 11.8 Å². The van der Waals surface area contributed by atoms with Crippen molar-refractivity contribution in [1.29, 1.82) is 0 Å². The maximum absolute atomic E-state index is 3.80. The minimum absolute atomic E-state index is 0.557. The first-order valence-corrected chi connectivity index (χ1v) is 29.4. The van der Waals surface area contributed by atoms with Gasteiger partial charge in [0.25, 0.3) is 0 Å². The monoisotopic (exact) mass is 853 g/mol. The van der Waals surface area contributed by atoms with Gasteiger partial charge in [-0.2, -0.15) is 0 Å². The highest BCUT2D eigenvalue weighted by molar-refractivity contribution is 5.28. The van der Waals surface area contributed by atoms with Crippen LogP contribution in [0.4, 0.5) is 0 Å². The molecule has 354 valence electrons. The van der Waals surface area contributed by atoms with Gasteiger partial charge in [-0.15, -0.1) is 0 Å². The molecule has 62 heavy (non-hydrogen) atoms. The lowest BCUT2D eigenvalue weighted by Gasteiger charge is -2.44. The van der Waals surface area contributed by atoms with Crippen LogP contribution in [0.2, 0.25) is 0 Å². The predicted molar refractivity (Wildman–Crippen MR) is 271 cm³/mol. The van der Waals surface area contributed by atoms with E-state index >= 15 is 0 Å². The molecule has 6 saturated carbocycles. The third kappa shape index (κ3) is 19.1. The van der Waals surface area contributed by atoms with Gasteiger partial charge in [-0.1, -0.05) is 217 Å². The molecule has 6 fully saturated rings. The molecule has 6 rings (SSSR count). The predicted octanol–water partition coefficient (Wildman–Crippen LogP) is 17.8. The summed E-state index contributed by atoms with van der Waals surface area (Å²) in [4.78, 5) is 6.53. The standard InChI is InChI=1S/C60H104N2/c1-2-4-12-20-42-55(41-19-11-3-1)61(56-43-21-13-5-6-14-22-44-56)59-49-31-29-37-53(39-33-51-59)35-27-28-36-54-38-30-32-50-60(52-34-40-54)62(57-45-23-15-7-8-16-24-46-57)58-47-25-17-9-10-18-26-48-58/h53-60H,1-26,29-34,37-52H2. The maximum Gasteiger partial charge on any atom is 0.0213 e. The Morgan fingerprint density at radius 1 is 0.177 bits per heavy atom. The van der Waals surface area contributed by atoms with Crippen molar-refractivity contribution in [2.75, 3.05) is 0 Å². The van der Waals surface area contributed by atoms with Crippen LogP contribution in [0.15, 0.2) is 0 Å². The van der Waals surface area contributed by atoms with Gasteiger partial charge in [0.2, 0.25) is 0 Å². The molecule has 0 aliphatic heterocycles. The fourth-order valence-corrected chi connectivity index (χ4v) is 14.3. The molecule has 0 spiro atoms. The van der Waals surface area contributed by atoms with E-state index < -0.39 is 0 Å². The molecule has 0 heterocycles. The largest absolute Gasteiger partial charge is 0.294 e. The second-order valence-electron chi connectivity index (χ2n) is 22.7. The summed E-state index contributed by atoms with van der Waals surface area (Å²) in [5, 5.41) is 0. The van der Waals surface area contributed by atoms with Crippen LogP contribution in [0.5, 0.6) is 0 Å². The Morgan fingerprint density at radius 3 is 0.581 bits per heavy atom. The zero-order valence-electron chi connectivity index (χ0n) is 41.5. The van der Waals surface area contributed by atoms with Crippen molar-refractivity contribution in [2.45, 2.75) is 344 Å². The molecule has 0 amide bonds. The van der Waals surface area contributed by atoms with E-state index in [1.165, 1.54) is 308 Å². The van der Waals surface area contributed by atoms with Crippen LogP contribution in [0.1, 0.15) is 308 Å². The molecule has 0 N–H and O–H groups in total. The maximum atomic E-state index is 3.80. The molecule has 2 heteroatoms. The van der Waals surface area contributed by atoms with E-state index in [1.807, 2.05) is 0 Å². The SMILES string of the molecule is C(C#CC1CCCCC(N(C2CCCCCCCC2)C2CCCCCCCC2)CCC1)#CC1CCCCC(N(C2CCCCCCCCCC2)C2CCCCCCCC2)CCC1. The fraction of sp³-hybridized carbons (Fsp3) is 0.933. The van der Waals surface area contributed by atoms with Crippen LogP contribution in [-0.4, -0.2) is 46.1 Å². The normalized spacial score (nSPS) is 30.2. The summed E-state index contributed by atoms with van der Waals surface area (Å²) in [6.45, 7) is 0. The summed E-state index contributed by atoms with van der Waals surface area (Å²) >= 11 is 0. The minimum Gasteiger partial charge on any atom is -0.294 e. The molecule has 0 radical (unpaired) electrons. The summed E-state index contributed by atoms with van der Waals surface area (Å²) in [6, 6.07) is 4.99. The average molecular weight is 854 g/mol. The van der Waals surface area contributed by atoms with Gasteiger partial charge in [-0.3, -0.25) is 9.80 Å². The lowest BCUT2D eigenvalue weighted by Crippen LogP contribution is -2.50. The van der Waals surface area contributed by atoms with Crippen molar-refractivity contribution in [3.63, 3.8) is 0 Å².